The molecule has 198 valence electrons. The second kappa shape index (κ2) is 11.6. The molecule has 2 saturated carbocycles. The van der Waals surface area contributed by atoms with Crippen molar-refractivity contribution in [2.75, 3.05) is 13.1 Å². The number of carbonyl (C=O) groups is 4. The summed E-state index contributed by atoms with van der Waals surface area (Å²) in [5.74, 6) is -3.16. The van der Waals surface area contributed by atoms with Gasteiger partial charge in [-0.2, -0.15) is 0 Å². The zero-order valence-electron chi connectivity index (χ0n) is 21.4. The topological polar surface area (TPSA) is 174 Å². The number of aliphatic carboxylic acids is 2. The van der Waals surface area contributed by atoms with Gasteiger partial charge in [0, 0.05) is 25.7 Å². The Labute approximate surface area is 210 Å². The zero-order valence-corrected chi connectivity index (χ0v) is 21.4. The van der Waals surface area contributed by atoms with Crippen molar-refractivity contribution >= 4 is 34.9 Å². The summed E-state index contributed by atoms with van der Waals surface area (Å²) in [5.41, 5.74) is -0.0579. The Bertz CT molecular complexity index is 976. The van der Waals surface area contributed by atoms with Crippen molar-refractivity contribution in [2.45, 2.75) is 79.1 Å². The van der Waals surface area contributed by atoms with Crippen LogP contribution in [0, 0.1) is 10.8 Å². The van der Waals surface area contributed by atoms with E-state index in [-0.39, 0.29) is 71.3 Å². The zero-order chi connectivity index (χ0) is 27.3. The third-order valence-corrected chi connectivity index (χ3v) is 6.17. The van der Waals surface area contributed by atoms with Crippen molar-refractivity contribution in [3.05, 3.63) is 22.7 Å². The molecule has 0 radical (unpaired) electrons. The Morgan fingerprint density at radius 2 is 1.00 bits per heavy atom. The molecule has 4 N–H and O–H groups in total. The molecule has 0 aromatic heterocycles. The number of ketones is 2. The maximum absolute atomic E-state index is 12.7. The third kappa shape index (κ3) is 8.13. The van der Waals surface area contributed by atoms with Gasteiger partial charge in [-0.1, -0.05) is 27.7 Å². The molecule has 0 spiro atoms. The molecule has 10 nitrogen and oxygen atoms in total. The van der Waals surface area contributed by atoms with Gasteiger partial charge in [-0.3, -0.25) is 29.2 Å². The summed E-state index contributed by atoms with van der Waals surface area (Å²) >= 11 is 0. The number of Topliss-reactive ketones (excluding diaryl/α,β-unsaturated/α-hetero) is 2. The van der Waals surface area contributed by atoms with Crippen molar-refractivity contribution in [1.29, 1.82) is 0 Å². The lowest BCUT2D eigenvalue weighted by Crippen LogP contribution is -2.33. The molecule has 0 aliphatic heterocycles. The van der Waals surface area contributed by atoms with Crippen LogP contribution in [0.25, 0.3) is 0 Å². The van der Waals surface area contributed by atoms with Crippen molar-refractivity contribution in [2.24, 2.45) is 20.8 Å². The second-order valence-electron chi connectivity index (χ2n) is 11.0. The number of hydrogen-bond donors (Lipinski definition) is 4. The Balaban J connectivity index is 2.15. The van der Waals surface area contributed by atoms with E-state index in [0.717, 1.165) is 0 Å². The summed E-state index contributed by atoms with van der Waals surface area (Å²) in [5, 5.41) is 39.2. The predicted molar refractivity (Wildman–Crippen MR) is 134 cm³/mol. The van der Waals surface area contributed by atoms with Crippen LogP contribution >= 0.6 is 0 Å². The van der Waals surface area contributed by atoms with Gasteiger partial charge in [0.2, 0.25) is 0 Å². The van der Waals surface area contributed by atoms with E-state index in [4.69, 9.17) is 10.2 Å². The second-order valence-corrected chi connectivity index (χ2v) is 11.0. The molecular formula is C26H36N2O8. The van der Waals surface area contributed by atoms with Gasteiger partial charge in [-0.25, -0.2) is 0 Å². The number of aliphatic hydroxyl groups is 2. The number of carbonyl (C=O) groups excluding carboxylic acids is 2. The van der Waals surface area contributed by atoms with E-state index in [1.165, 1.54) is 0 Å². The first-order valence-corrected chi connectivity index (χ1v) is 12.0. The normalized spacial score (nSPS) is 24.7. The fourth-order valence-corrected chi connectivity index (χ4v) is 4.66. The smallest absolute Gasteiger partial charge is 0.325 e. The van der Waals surface area contributed by atoms with E-state index in [1.54, 1.807) is 0 Å². The molecule has 0 heterocycles. The van der Waals surface area contributed by atoms with Crippen LogP contribution in [0.15, 0.2) is 32.6 Å². The largest absolute Gasteiger partial charge is 0.511 e. The number of unbranched alkanes of at least 4 members (excludes halogenated alkanes) is 1. The molecule has 36 heavy (non-hydrogen) atoms. The van der Waals surface area contributed by atoms with Gasteiger partial charge >= 0.3 is 11.9 Å². The fourth-order valence-electron chi connectivity index (χ4n) is 4.66. The van der Waals surface area contributed by atoms with Crippen molar-refractivity contribution < 1.29 is 39.6 Å². The Morgan fingerprint density at radius 1 is 0.667 bits per heavy atom. The lowest BCUT2D eigenvalue weighted by molar-refractivity contribution is -0.136. The van der Waals surface area contributed by atoms with E-state index < -0.39 is 35.9 Å². The Kier molecular flexibility index (Phi) is 9.34. The van der Waals surface area contributed by atoms with Crippen LogP contribution in [0.4, 0.5) is 0 Å². The van der Waals surface area contributed by atoms with E-state index in [0.29, 0.717) is 25.7 Å². The first kappa shape index (κ1) is 28.9. The van der Waals surface area contributed by atoms with E-state index in [9.17, 15) is 29.4 Å². The van der Waals surface area contributed by atoms with E-state index in [1.807, 2.05) is 27.7 Å². The molecule has 2 fully saturated rings. The maximum atomic E-state index is 12.7. The number of rotatable bonds is 9. The van der Waals surface area contributed by atoms with Crippen LogP contribution in [-0.4, -0.2) is 68.4 Å². The summed E-state index contributed by atoms with van der Waals surface area (Å²) < 4.78 is 0. The molecule has 0 atom stereocenters. The van der Waals surface area contributed by atoms with Gasteiger partial charge < -0.3 is 20.4 Å². The molecule has 0 aromatic rings. The molecule has 2 aliphatic rings. The first-order valence-electron chi connectivity index (χ1n) is 12.0. The van der Waals surface area contributed by atoms with Crippen LogP contribution in [-0.2, 0) is 19.2 Å². The number of carboxylic acid groups (broad SMARTS) is 2. The average Bonchev–Trinajstić information content (AvgIpc) is 2.71. The van der Waals surface area contributed by atoms with Gasteiger partial charge in [0.15, 0.2) is 11.6 Å². The van der Waals surface area contributed by atoms with Gasteiger partial charge in [-0.05, 0) is 36.5 Å². The molecule has 0 bridgehead atoms. The minimum Gasteiger partial charge on any atom is -0.511 e. The molecular weight excluding hydrogens is 468 g/mol. The van der Waals surface area contributed by atoms with Crippen LogP contribution in [0.5, 0.6) is 0 Å². The fraction of sp³-hybridized carbons (Fsp3) is 0.615. The molecule has 0 unspecified atom stereocenters. The van der Waals surface area contributed by atoms with Crippen LogP contribution in [0.3, 0.4) is 0 Å². The Hall–Kier alpha value is -3.30. The van der Waals surface area contributed by atoms with Crippen LogP contribution < -0.4 is 0 Å². The lowest BCUT2D eigenvalue weighted by atomic mass is 9.73. The quantitative estimate of drug-likeness (QED) is 0.207. The monoisotopic (exact) mass is 504 g/mol. The SMILES string of the molecule is CC1(C)CC(=O)/C(=C(/O)CCCC/C(O)=C2\C(=O)CC(C)(C)CC2=NCC(=O)O)C(=NCC(=O)O)C1. The predicted octanol–water partition coefficient (Wildman–Crippen LogP) is 4.00. The van der Waals surface area contributed by atoms with Crippen LogP contribution in [0.1, 0.15) is 79.1 Å². The number of nitrogens with zero attached hydrogens (tertiary/aromatic N) is 2. The highest BCUT2D eigenvalue weighted by Gasteiger charge is 2.37. The summed E-state index contributed by atoms with van der Waals surface area (Å²) in [4.78, 5) is 55.4. The third-order valence-electron chi connectivity index (χ3n) is 6.17. The summed E-state index contributed by atoms with van der Waals surface area (Å²) in [6.45, 7) is 6.54. The number of aliphatic hydroxyl groups excluding tert-OH is 2. The van der Waals surface area contributed by atoms with Gasteiger partial charge in [-0.15, -0.1) is 0 Å². The highest BCUT2D eigenvalue weighted by molar-refractivity contribution is 6.25. The standard InChI is InChI=1S/C26H36N2O8/c1-25(2)9-15(27-13-21(33)34)23(19(31)11-25)17(29)7-5-6-8-18(30)24-16(28-14-22(35)36)10-26(3,4)12-20(24)32/h29-30H,5-14H2,1-4H3,(H,33,34)(H,35,36)/b23-17+,24-18+,27-15?,28-16?. The maximum Gasteiger partial charge on any atom is 0.325 e. The molecule has 10 heteroatoms. The first-order chi connectivity index (χ1) is 16.6. The summed E-state index contributed by atoms with van der Waals surface area (Å²) in [6, 6.07) is 0. The minimum absolute atomic E-state index is 0.0749. The number of carboxylic acids is 2. The number of allylic oxidation sites excluding steroid dienone is 4. The van der Waals surface area contributed by atoms with E-state index in [2.05, 4.69) is 9.98 Å². The van der Waals surface area contributed by atoms with Gasteiger partial charge in [0.1, 0.15) is 24.6 Å². The molecule has 0 aromatic carbocycles. The molecule has 0 amide bonds. The Morgan fingerprint density at radius 3 is 1.31 bits per heavy atom. The lowest BCUT2D eigenvalue weighted by Gasteiger charge is -2.31. The van der Waals surface area contributed by atoms with Gasteiger partial charge in [0.05, 0.1) is 22.6 Å². The van der Waals surface area contributed by atoms with E-state index >= 15 is 0 Å². The number of aliphatic imine (C=N–C) groups is 2. The molecule has 0 saturated heterocycles. The van der Waals surface area contributed by atoms with Gasteiger partial charge in [0.25, 0.3) is 0 Å². The highest BCUT2D eigenvalue weighted by Crippen LogP contribution is 2.37. The molecule has 2 rings (SSSR count). The highest BCUT2D eigenvalue weighted by atomic mass is 16.4. The number of hydrogen-bond acceptors (Lipinski definition) is 8. The summed E-state index contributed by atoms with van der Waals surface area (Å²) in [7, 11) is 0. The molecule has 2 aliphatic carbocycles. The van der Waals surface area contributed by atoms with Crippen LogP contribution in [0.2, 0.25) is 0 Å². The summed E-state index contributed by atoms with van der Waals surface area (Å²) in [6.07, 6.45) is 2.18. The average molecular weight is 505 g/mol. The van der Waals surface area contributed by atoms with Crippen molar-refractivity contribution in [1.82, 2.24) is 0 Å². The minimum atomic E-state index is -1.13. The van der Waals surface area contributed by atoms with Crippen molar-refractivity contribution in [3.63, 3.8) is 0 Å². The van der Waals surface area contributed by atoms with Crippen molar-refractivity contribution in [3.8, 4) is 0 Å².